The zero-order valence-corrected chi connectivity index (χ0v) is 7.86. The first-order chi connectivity index (χ1) is 5.74. The van der Waals surface area contributed by atoms with E-state index < -0.39 is 0 Å². The highest BCUT2D eigenvalue weighted by atomic mass is 35.5. The van der Waals surface area contributed by atoms with E-state index in [1.807, 2.05) is 19.1 Å². The maximum atomic E-state index is 6.00. The van der Waals surface area contributed by atoms with Gasteiger partial charge in [0.05, 0.1) is 0 Å². The van der Waals surface area contributed by atoms with Crippen molar-refractivity contribution in [3.63, 3.8) is 0 Å². The molecule has 0 unspecified atom stereocenters. The molecule has 0 atom stereocenters. The zero-order valence-electron chi connectivity index (χ0n) is 7.10. The number of hydrazine groups is 1. The Hall–Kier alpha value is -0.570. The van der Waals surface area contributed by atoms with Gasteiger partial charge in [-0.3, -0.25) is 11.3 Å². The van der Waals surface area contributed by atoms with Crippen molar-refractivity contribution < 1.29 is 0 Å². The third kappa shape index (κ3) is 2.48. The summed E-state index contributed by atoms with van der Waals surface area (Å²) in [6.45, 7) is 2.78. The predicted octanol–water partition coefficient (Wildman–Crippen LogP) is 1.65. The number of rotatable bonds is 3. The van der Waals surface area contributed by atoms with Gasteiger partial charge in [-0.15, -0.1) is 0 Å². The van der Waals surface area contributed by atoms with E-state index in [-0.39, 0.29) is 0 Å². The smallest absolute Gasteiger partial charge is 0.0441 e. The molecule has 1 aromatic carbocycles. The fourth-order valence-electron chi connectivity index (χ4n) is 1.06. The molecule has 1 aromatic rings. The number of hydrogen-bond acceptors (Lipinski definition) is 2. The average Bonchev–Trinajstić information content (AvgIpc) is 2.03. The number of nitrogens with one attached hydrogen (secondary N) is 1. The Labute approximate surface area is 77.7 Å². The molecule has 0 aliphatic rings. The molecule has 2 nitrogen and oxygen atoms in total. The highest BCUT2D eigenvalue weighted by molar-refractivity contribution is 6.31. The second-order valence-electron chi connectivity index (χ2n) is 2.80. The molecular formula is C9H13ClN2. The van der Waals surface area contributed by atoms with Gasteiger partial charge in [-0.05, 0) is 30.5 Å². The van der Waals surface area contributed by atoms with E-state index in [4.69, 9.17) is 17.4 Å². The van der Waals surface area contributed by atoms with Gasteiger partial charge in [-0.25, -0.2) is 0 Å². The van der Waals surface area contributed by atoms with Crippen LogP contribution in [0.5, 0.6) is 0 Å². The third-order valence-corrected chi connectivity index (χ3v) is 2.10. The largest absolute Gasteiger partial charge is 0.271 e. The maximum Gasteiger partial charge on any atom is 0.0441 e. The zero-order chi connectivity index (χ0) is 8.97. The average molecular weight is 185 g/mol. The molecule has 0 heterocycles. The normalized spacial score (nSPS) is 10.2. The van der Waals surface area contributed by atoms with Crippen LogP contribution in [0.2, 0.25) is 5.02 Å². The molecule has 0 aromatic heterocycles. The Kier molecular flexibility index (Phi) is 3.53. The molecule has 12 heavy (non-hydrogen) atoms. The van der Waals surface area contributed by atoms with Crippen molar-refractivity contribution in [3.05, 3.63) is 34.3 Å². The van der Waals surface area contributed by atoms with Crippen LogP contribution in [0.4, 0.5) is 0 Å². The quantitative estimate of drug-likeness (QED) is 0.554. The highest BCUT2D eigenvalue weighted by Gasteiger charge is 1.98. The van der Waals surface area contributed by atoms with E-state index in [1.165, 1.54) is 5.56 Å². The van der Waals surface area contributed by atoms with Crippen LogP contribution in [0, 0.1) is 6.92 Å². The summed E-state index contributed by atoms with van der Waals surface area (Å²) in [4.78, 5) is 0. The van der Waals surface area contributed by atoms with Gasteiger partial charge >= 0.3 is 0 Å². The summed E-state index contributed by atoms with van der Waals surface area (Å²) in [6.07, 6.45) is 0.871. The molecule has 0 saturated heterocycles. The van der Waals surface area contributed by atoms with Crippen LogP contribution >= 0.6 is 11.6 Å². The van der Waals surface area contributed by atoms with Gasteiger partial charge in [0.2, 0.25) is 0 Å². The van der Waals surface area contributed by atoms with Gasteiger partial charge < -0.3 is 0 Å². The standard InChI is InChI=1S/C9H13ClN2/c1-7-2-3-8(4-5-12-11)9(10)6-7/h2-3,6,12H,4-5,11H2,1H3. The minimum atomic E-state index is 0.753. The van der Waals surface area contributed by atoms with E-state index >= 15 is 0 Å². The molecule has 0 spiro atoms. The van der Waals surface area contributed by atoms with Crippen LogP contribution in [0.1, 0.15) is 11.1 Å². The molecule has 3 N–H and O–H groups in total. The summed E-state index contributed by atoms with van der Waals surface area (Å²) < 4.78 is 0. The van der Waals surface area contributed by atoms with Crippen LogP contribution in [-0.4, -0.2) is 6.54 Å². The lowest BCUT2D eigenvalue weighted by Crippen LogP contribution is -2.24. The third-order valence-electron chi connectivity index (χ3n) is 1.75. The second kappa shape index (κ2) is 4.45. The molecule has 0 aliphatic heterocycles. The van der Waals surface area contributed by atoms with E-state index in [2.05, 4.69) is 11.5 Å². The number of nitrogens with two attached hydrogens (primary N) is 1. The predicted molar refractivity (Wildman–Crippen MR) is 52.1 cm³/mol. The number of halogens is 1. The monoisotopic (exact) mass is 184 g/mol. The first-order valence-electron chi connectivity index (χ1n) is 3.92. The summed E-state index contributed by atoms with van der Waals surface area (Å²) in [5, 5.41) is 0.824. The topological polar surface area (TPSA) is 38.0 Å². The number of aryl methyl sites for hydroxylation is 1. The van der Waals surface area contributed by atoms with Crippen LogP contribution in [-0.2, 0) is 6.42 Å². The summed E-state index contributed by atoms with van der Waals surface area (Å²) in [6, 6.07) is 6.06. The van der Waals surface area contributed by atoms with Crippen LogP contribution < -0.4 is 11.3 Å². The molecule has 0 aliphatic carbocycles. The molecule has 0 amide bonds. The lowest BCUT2D eigenvalue weighted by Gasteiger charge is -2.03. The SMILES string of the molecule is Cc1ccc(CCNN)c(Cl)c1. The summed E-state index contributed by atoms with van der Waals surface area (Å²) in [5.74, 6) is 5.16. The van der Waals surface area contributed by atoms with Crippen molar-refractivity contribution in [1.82, 2.24) is 5.43 Å². The van der Waals surface area contributed by atoms with Crippen LogP contribution in [0.15, 0.2) is 18.2 Å². The van der Waals surface area contributed by atoms with Crippen molar-refractivity contribution in [3.8, 4) is 0 Å². The minimum Gasteiger partial charge on any atom is -0.271 e. The van der Waals surface area contributed by atoms with Crippen molar-refractivity contribution in [2.45, 2.75) is 13.3 Å². The first-order valence-corrected chi connectivity index (χ1v) is 4.30. The molecular weight excluding hydrogens is 172 g/mol. The van der Waals surface area contributed by atoms with Gasteiger partial charge in [-0.2, -0.15) is 0 Å². The first kappa shape index (κ1) is 9.52. The summed E-state index contributed by atoms with van der Waals surface area (Å²) in [5.41, 5.74) is 4.92. The fourth-order valence-corrected chi connectivity index (χ4v) is 1.39. The molecule has 0 saturated carbocycles. The molecule has 66 valence electrons. The lowest BCUT2D eigenvalue weighted by molar-refractivity contribution is 0.728. The van der Waals surface area contributed by atoms with Crippen molar-refractivity contribution in [2.75, 3.05) is 6.54 Å². The molecule has 0 radical (unpaired) electrons. The van der Waals surface area contributed by atoms with Crippen LogP contribution in [0.25, 0.3) is 0 Å². The molecule has 3 heteroatoms. The van der Waals surface area contributed by atoms with E-state index in [0.717, 1.165) is 23.6 Å². The van der Waals surface area contributed by atoms with E-state index in [9.17, 15) is 0 Å². The van der Waals surface area contributed by atoms with Gasteiger partial charge in [0, 0.05) is 11.6 Å². The Morgan fingerprint density at radius 3 is 2.83 bits per heavy atom. The van der Waals surface area contributed by atoms with Gasteiger partial charge in [0.15, 0.2) is 0 Å². The Balaban J connectivity index is 2.72. The van der Waals surface area contributed by atoms with E-state index in [1.54, 1.807) is 0 Å². The fraction of sp³-hybridized carbons (Fsp3) is 0.333. The summed E-state index contributed by atoms with van der Waals surface area (Å²) >= 11 is 6.00. The molecule has 1 rings (SSSR count). The van der Waals surface area contributed by atoms with Crippen molar-refractivity contribution in [1.29, 1.82) is 0 Å². The van der Waals surface area contributed by atoms with Crippen LogP contribution in [0.3, 0.4) is 0 Å². The Morgan fingerprint density at radius 2 is 2.25 bits per heavy atom. The highest BCUT2D eigenvalue weighted by Crippen LogP contribution is 2.17. The second-order valence-corrected chi connectivity index (χ2v) is 3.21. The van der Waals surface area contributed by atoms with Gasteiger partial charge in [0.25, 0.3) is 0 Å². The molecule has 0 bridgehead atoms. The minimum absolute atomic E-state index is 0.753. The Bertz CT molecular complexity index is 261. The number of benzene rings is 1. The lowest BCUT2D eigenvalue weighted by atomic mass is 10.1. The van der Waals surface area contributed by atoms with Crippen molar-refractivity contribution in [2.24, 2.45) is 5.84 Å². The summed E-state index contributed by atoms with van der Waals surface area (Å²) in [7, 11) is 0. The number of hydrogen-bond donors (Lipinski definition) is 2. The molecule has 0 fully saturated rings. The Morgan fingerprint density at radius 1 is 1.50 bits per heavy atom. The van der Waals surface area contributed by atoms with Crippen molar-refractivity contribution >= 4 is 11.6 Å². The van der Waals surface area contributed by atoms with Gasteiger partial charge in [0.1, 0.15) is 0 Å². The van der Waals surface area contributed by atoms with Gasteiger partial charge in [-0.1, -0.05) is 23.7 Å². The van der Waals surface area contributed by atoms with E-state index in [0.29, 0.717) is 0 Å². The maximum absolute atomic E-state index is 6.00.